The van der Waals surface area contributed by atoms with Gasteiger partial charge in [0.25, 0.3) is 0 Å². The van der Waals surface area contributed by atoms with E-state index in [0.29, 0.717) is 26.2 Å². The highest BCUT2D eigenvalue weighted by Crippen LogP contribution is 2.26. The lowest BCUT2D eigenvalue weighted by Crippen LogP contribution is -2.58. The minimum Gasteiger partial charge on any atom is -0.338 e. The first kappa shape index (κ1) is 20.8. The van der Waals surface area contributed by atoms with Gasteiger partial charge in [-0.2, -0.15) is 0 Å². The number of carbonyl (C=O) groups excluding carboxylic acids is 2. The molecule has 2 heterocycles. The molecule has 28 heavy (non-hydrogen) atoms. The van der Waals surface area contributed by atoms with E-state index in [1.54, 1.807) is 0 Å². The van der Waals surface area contributed by atoms with Gasteiger partial charge in [-0.05, 0) is 51.8 Å². The van der Waals surface area contributed by atoms with E-state index in [0.717, 1.165) is 37.9 Å². The lowest BCUT2D eigenvalue weighted by molar-refractivity contribution is -0.146. The molecule has 0 radical (unpaired) electrons. The van der Waals surface area contributed by atoms with Crippen LogP contribution in [0, 0.1) is 0 Å². The van der Waals surface area contributed by atoms with E-state index in [4.69, 9.17) is 0 Å². The summed E-state index contributed by atoms with van der Waals surface area (Å²) in [6.45, 7) is 10.7. The van der Waals surface area contributed by atoms with Crippen molar-refractivity contribution in [1.82, 2.24) is 14.7 Å². The standard InChI is InChI=1S/C23H35N3O2/c1-4-13-24-14-9-8-12-20(24)21(27)25-15-17-26(18-16-25)22(28)23(2,3)19-10-6-5-7-11-19/h5-7,10-11,20H,4,8-9,12-18H2,1-3H3/t20-/m1/s1. The van der Waals surface area contributed by atoms with Crippen LogP contribution in [0.25, 0.3) is 0 Å². The summed E-state index contributed by atoms with van der Waals surface area (Å²) in [4.78, 5) is 32.5. The molecule has 1 atom stereocenters. The summed E-state index contributed by atoms with van der Waals surface area (Å²) in [5.74, 6) is 0.415. The number of hydrogen-bond donors (Lipinski definition) is 0. The molecule has 5 nitrogen and oxygen atoms in total. The Morgan fingerprint density at radius 2 is 1.61 bits per heavy atom. The predicted molar refractivity (Wildman–Crippen MR) is 112 cm³/mol. The van der Waals surface area contributed by atoms with Crippen LogP contribution in [0.15, 0.2) is 30.3 Å². The van der Waals surface area contributed by atoms with Crippen molar-refractivity contribution in [3.05, 3.63) is 35.9 Å². The Labute approximate surface area is 169 Å². The Balaban J connectivity index is 1.59. The molecule has 2 amide bonds. The molecule has 2 saturated heterocycles. The van der Waals surface area contributed by atoms with Gasteiger partial charge in [0.15, 0.2) is 0 Å². The van der Waals surface area contributed by atoms with E-state index in [1.165, 1.54) is 6.42 Å². The smallest absolute Gasteiger partial charge is 0.240 e. The zero-order valence-corrected chi connectivity index (χ0v) is 17.7. The molecule has 0 bridgehead atoms. The summed E-state index contributed by atoms with van der Waals surface area (Å²) in [5.41, 5.74) is 0.491. The Morgan fingerprint density at radius 1 is 0.964 bits per heavy atom. The molecule has 0 aliphatic carbocycles. The molecule has 3 rings (SSSR count). The molecule has 1 aromatic rings. The summed E-state index contributed by atoms with van der Waals surface area (Å²) in [7, 11) is 0. The number of amides is 2. The number of hydrogen-bond acceptors (Lipinski definition) is 3. The highest BCUT2D eigenvalue weighted by molar-refractivity contribution is 5.88. The summed E-state index contributed by atoms with van der Waals surface area (Å²) < 4.78 is 0. The molecule has 0 unspecified atom stereocenters. The van der Waals surface area contributed by atoms with Gasteiger partial charge in [0.05, 0.1) is 11.5 Å². The largest absolute Gasteiger partial charge is 0.338 e. The van der Waals surface area contributed by atoms with Crippen molar-refractivity contribution >= 4 is 11.8 Å². The SMILES string of the molecule is CCCN1CCCC[C@@H]1C(=O)N1CCN(C(=O)C(C)(C)c2ccccc2)CC1. The van der Waals surface area contributed by atoms with Crippen molar-refractivity contribution in [3.63, 3.8) is 0 Å². The third-order valence-electron chi connectivity index (χ3n) is 6.32. The summed E-state index contributed by atoms with van der Waals surface area (Å²) >= 11 is 0. The zero-order chi connectivity index (χ0) is 20.1. The first-order valence-electron chi connectivity index (χ1n) is 10.8. The number of nitrogens with zero attached hydrogens (tertiary/aromatic N) is 3. The van der Waals surface area contributed by atoms with Crippen LogP contribution in [0.2, 0.25) is 0 Å². The maximum absolute atomic E-state index is 13.1. The molecular weight excluding hydrogens is 350 g/mol. The molecule has 154 valence electrons. The quantitative estimate of drug-likeness (QED) is 0.783. The van der Waals surface area contributed by atoms with Gasteiger partial charge in [0.2, 0.25) is 11.8 Å². The van der Waals surface area contributed by atoms with Gasteiger partial charge < -0.3 is 9.80 Å². The Bertz CT molecular complexity index is 664. The van der Waals surface area contributed by atoms with Crippen molar-refractivity contribution in [1.29, 1.82) is 0 Å². The first-order valence-corrected chi connectivity index (χ1v) is 10.8. The highest BCUT2D eigenvalue weighted by atomic mass is 16.2. The fraction of sp³-hybridized carbons (Fsp3) is 0.652. The molecule has 5 heteroatoms. The topological polar surface area (TPSA) is 43.9 Å². The molecule has 0 spiro atoms. The summed E-state index contributed by atoms with van der Waals surface area (Å²) in [6, 6.07) is 10.0. The number of benzene rings is 1. The third kappa shape index (κ3) is 4.40. The second-order valence-corrected chi connectivity index (χ2v) is 8.66. The van der Waals surface area contributed by atoms with Crippen molar-refractivity contribution in [2.24, 2.45) is 0 Å². The van der Waals surface area contributed by atoms with Crippen molar-refractivity contribution < 1.29 is 9.59 Å². The molecule has 1 aromatic carbocycles. The van der Waals surface area contributed by atoms with E-state index in [-0.39, 0.29) is 17.9 Å². The predicted octanol–water partition coefficient (Wildman–Crippen LogP) is 2.90. The van der Waals surface area contributed by atoms with Gasteiger partial charge in [-0.3, -0.25) is 14.5 Å². The van der Waals surface area contributed by atoms with Crippen LogP contribution in [-0.4, -0.2) is 71.8 Å². The van der Waals surface area contributed by atoms with E-state index in [2.05, 4.69) is 11.8 Å². The zero-order valence-electron chi connectivity index (χ0n) is 17.7. The first-order chi connectivity index (χ1) is 13.4. The van der Waals surface area contributed by atoms with Crippen LogP contribution in [-0.2, 0) is 15.0 Å². The number of piperazine rings is 1. The molecule has 0 saturated carbocycles. The second kappa shape index (κ2) is 9.08. The lowest BCUT2D eigenvalue weighted by Gasteiger charge is -2.42. The maximum Gasteiger partial charge on any atom is 0.240 e. The minimum absolute atomic E-state index is 0.0386. The molecule has 0 aromatic heterocycles. The Hall–Kier alpha value is -1.88. The van der Waals surface area contributed by atoms with E-state index < -0.39 is 5.41 Å². The summed E-state index contributed by atoms with van der Waals surface area (Å²) in [5, 5.41) is 0. The fourth-order valence-electron chi connectivity index (χ4n) is 4.54. The average Bonchev–Trinajstić information content (AvgIpc) is 2.74. The highest BCUT2D eigenvalue weighted by Gasteiger charge is 2.37. The number of rotatable bonds is 5. The average molecular weight is 386 g/mol. The lowest BCUT2D eigenvalue weighted by atomic mass is 9.83. The van der Waals surface area contributed by atoms with Gasteiger partial charge in [0, 0.05) is 26.2 Å². The van der Waals surface area contributed by atoms with Crippen LogP contribution in [0.1, 0.15) is 52.0 Å². The van der Waals surface area contributed by atoms with Gasteiger partial charge in [0.1, 0.15) is 0 Å². The van der Waals surface area contributed by atoms with E-state index >= 15 is 0 Å². The third-order valence-corrected chi connectivity index (χ3v) is 6.32. The van der Waals surface area contributed by atoms with Crippen molar-refractivity contribution in [2.75, 3.05) is 39.3 Å². The van der Waals surface area contributed by atoms with Crippen LogP contribution in [0.5, 0.6) is 0 Å². The van der Waals surface area contributed by atoms with E-state index in [9.17, 15) is 9.59 Å². The van der Waals surface area contributed by atoms with Crippen molar-refractivity contribution in [2.45, 2.75) is 57.9 Å². The van der Waals surface area contributed by atoms with Crippen LogP contribution < -0.4 is 0 Å². The number of piperidine rings is 1. The van der Waals surface area contributed by atoms with Gasteiger partial charge in [-0.15, -0.1) is 0 Å². The fourth-order valence-corrected chi connectivity index (χ4v) is 4.54. The monoisotopic (exact) mass is 385 g/mol. The van der Waals surface area contributed by atoms with Gasteiger partial charge in [-0.1, -0.05) is 43.7 Å². The van der Waals surface area contributed by atoms with Gasteiger partial charge in [-0.25, -0.2) is 0 Å². The van der Waals surface area contributed by atoms with E-state index in [1.807, 2.05) is 54.0 Å². The molecule has 2 fully saturated rings. The minimum atomic E-state index is -0.547. The normalized spacial score (nSPS) is 21.6. The Kier molecular flexibility index (Phi) is 6.76. The number of likely N-dealkylation sites (tertiary alicyclic amines) is 1. The molecule has 2 aliphatic rings. The number of carbonyl (C=O) groups is 2. The Morgan fingerprint density at radius 3 is 2.25 bits per heavy atom. The maximum atomic E-state index is 13.1. The van der Waals surface area contributed by atoms with Crippen LogP contribution >= 0.6 is 0 Å². The molecule has 0 N–H and O–H groups in total. The molecular formula is C23H35N3O2. The summed E-state index contributed by atoms with van der Waals surface area (Å²) in [6.07, 6.45) is 4.39. The van der Waals surface area contributed by atoms with Gasteiger partial charge >= 0.3 is 0 Å². The molecule has 2 aliphatic heterocycles. The second-order valence-electron chi connectivity index (χ2n) is 8.66. The van der Waals surface area contributed by atoms with Crippen molar-refractivity contribution in [3.8, 4) is 0 Å². The van der Waals surface area contributed by atoms with Crippen LogP contribution in [0.3, 0.4) is 0 Å². The van der Waals surface area contributed by atoms with Crippen LogP contribution in [0.4, 0.5) is 0 Å².